The number of amides is 2. The van der Waals surface area contributed by atoms with Crippen molar-refractivity contribution >= 4 is 28.3 Å². The lowest BCUT2D eigenvalue weighted by molar-refractivity contribution is -0.134. The highest BCUT2D eigenvalue weighted by molar-refractivity contribution is 6.26. The highest BCUT2D eigenvalue weighted by atomic mass is 16.6. The molecule has 5 atom stereocenters. The summed E-state index contributed by atoms with van der Waals surface area (Å²) in [5.74, 6) is -2.33. The molecular formula is C22H20N2O5. The Kier molecular flexibility index (Phi) is 3.69. The van der Waals surface area contributed by atoms with E-state index < -0.39 is 35.0 Å². The summed E-state index contributed by atoms with van der Waals surface area (Å²) in [5, 5.41) is 30.9. The van der Waals surface area contributed by atoms with E-state index >= 15 is 0 Å². The topological polar surface area (TPSA) is 111 Å². The number of aliphatic hydroxyl groups is 2. The average Bonchev–Trinajstić information content (AvgIpc) is 3.23. The number of imide groups is 1. The number of ether oxygens (including phenoxy) is 1. The van der Waals surface area contributed by atoms with Gasteiger partial charge in [0.2, 0.25) is 11.8 Å². The maximum atomic E-state index is 13.5. The molecule has 0 spiro atoms. The van der Waals surface area contributed by atoms with Gasteiger partial charge in [-0.15, -0.1) is 0 Å². The van der Waals surface area contributed by atoms with Gasteiger partial charge in [0.15, 0.2) is 0 Å². The maximum Gasteiger partial charge on any atom is 0.240 e. The second-order valence-corrected chi connectivity index (χ2v) is 8.30. The molecule has 2 aromatic rings. The van der Waals surface area contributed by atoms with Gasteiger partial charge in [-0.3, -0.25) is 9.59 Å². The number of carbonyl (C=O) groups excluding carboxylic acids is 2. The Morgan fingerprint density at radius 2 is 1.86 bits per heavy atom. The van der Waals surface area contributed by atoms with Crippen LogP contribution in [0.1, 0.15) is 25.3 Å². The van der Waals surface area contributed by atoms with Gasteiger partial charge in [0.1, 0.15) is 5.60 Å². The van der Waals surface area contributed by atoms with Gasteiger partial charge in [0.05, 0.1) is 40.9 Å². The molecule has 5 rings (SSSR count). The molecule has 0 aliphatic carbocycles. The van der Waals surface area contributed by atoms with E-state index in [-0.39, 0.29) is 25.4 Å². The van der Waals surface area contributed by atoms with Crippen LogP contribution in [0.5, 0.6) is 0 Å². The molecule has 0 radical (unpaired) electrons. The normalized spacial score (nSPS) is 35.4. The van der Waals surface area contributed by atoms with Crippen LogP contribution in [0.25, 0.3) is 10.8 Å². The number of nitriles is 1. The van der Waals surface area contributed by atoms with Crippen molar-refractivity contribution in [3.05, 3.63) is 42.0 Å². The predicted molar refractivity (Wildman–Crippen MR) is 103 cm³/mol. The number of hydrogen-bond acceptors (Lipinski definition) is 6. The molecule has 2 N–H and O–H groups in total. The van der Waals surface area contributed by atoms with E-state index in [1.807, 2.05) is 0 Å². The number of aliphatic hydroxyl groups excluding tert-OH is 2. The predicted octanol–water partition coefficient (Wildman–Crippen LogP) is 1.49. The number of carbonyl (C=O) groups is 2. The quantitative estimate of drug-likeness (QED) is 0.766. The number of rotatable bonds is 3. The van der Waals surface area contributed by atoms with Crippen LogP contribution in [0.3, 0.4) is 0 Å². The molecule has 0 aromatic heterocycles. The van der Waals surface area contributed by atoms with E-state index in [4.69, 9.17) is 4.74 Å². The number of benzene rings is 2. The zero-order valence-electron chi connectivity index (χ0n) is 15.8. The third-order valence-electron chi connectivity index (χ3n) is 6.91. The molecule has 7 heteroatoms. The summed E-state index contributed by atoms with van der Waals surface area (Å²) in [5.41, 5.74) is -1.31. The van der Waals surface area contributed by atoms with E-state index in [2.05, 4.69) is 6.07 Å². The lowest BCUT2D eigenvalue weighted by Gasteiger charge is -2.33. The molecule has 2 amide bonds. The highest BCUT2D eigenvalue weighted by Gasteiger charge is 2.76. The molecule has 2 aromatic carbocycles. The van der Waals surface area contributed by atoms with Crippen molar-refractivity contribution in [3.63, 3.8) is 0 Å². The molecule has 3 heterocycles. The third kappa shape index (κ3) is 2.11. The molecule has 3 saturated heterocycles. The van der Waals surface area contributed by atoms with Crippen molar-refractivity contribution in [3.8, 4) is 6.07 Å². The van der Waals surface area contributed by atoms with Gasteiger partial charge in [-0.2, -0.15) is 5.26 Å². The molecule has 3 fully saturated rings. The fourth-order valence-corrected chi connectivity index (χ4v) is 5.63. The molecule has 7 nitrogen and oxygen atoms in total. The third-order valence-corrected chi connectivity index (χ3v) is 6.91. The minimum absolute atomic E-state index is 0.182. The summed E-state index contributed by atoms with van der Waals surface area (Å²) in [7, 11) is 0. The molecule has 3 aliphatic heterocycles. The Balaban J connectivity index is 1.68. The lowest BCUT2D eigenvalue weighted by Crippen LogP contribution is -2.49. The maximum absolute atomic E-state index is 13.5. The van der Waals surface area contributed by atoms with Crippen molar-refractivity contribution in [2.75, 3.05) is 11.5 Å². The number of fused-ring (bicyclic) bond motifs is 6. The van der Waals surface area contributed by atoms with Crippen molar-refractivity contribution in [2.24, 2.45) is 11.8 Å². The Bertz CT molecular complexity index is 1110. The Morgan fingerprint density at radius 3 is 2.55 bits per heavy atom. The van der Waals surface area contributed by atoms with Gasteiger partial charge in [-0.1, -0.05) is 24.3 Å². The molecule has 3 aliphatic rings. The Labute approximate surface area is 167 Å². The van der Waals surface area contributed by atoms with Gasteiger partial charge in [-0.05, 0) is 19.1 Å². The van der Waals surface area contributed by atoms with Gasteiger partial charge in [0, 0.05) is 30.2 Å². The standard InChI is InChI=1S/C22H20N2O5/c1-21-16(26)10-22(29-21,8-9-25)18-17(21)19(27)24(20(18)28)15-7-6-12(11-23)13-4-2-3-5-14(13)15/h2-7,16-18,25-26H,8-10H2,1H3/t16-,17-,18+,21-,22+/m1/s1. The van der Waals surface area contributed by atoms with Gasteiger partial charge in [-0.25, -0.2) is 4.90 Å². The fraction of sp³-hybridized carbons (Fsp3) is 0.409. The molecule has 0 saturated carbocycles. The Morgan fingerprint density at radius 1 is 1.17 bits per heavy atom. The summed E-state index contributed by atoms with van der Waals surface area (Å²) in [4.78, 5) is 28.2. The smallest absolute Gasteiger partial charge is 0.240 e. The first-order valence-corrected chi connectivity index (χ1v) is 9.67. The summed E-state index contributed by atoms with van der Waals surface area (Å²) in [6.45, 7) is 1.47. The van der Waals surface area contributed by atoms with Crippen LogP contribution in [-0.2, 0) is 14.3 Å². The van der Waals surface area contributed by atoms with Crippen LogP contribution in [0.2, 0.25) is 0 Å². The molecule has 148 valence electrons. The average molecular weight is 392 g/mol. The van der Waals surface area contributed by atoms with Crippen LogP contribution in [0.15, 0.2) is 36.4 Å². The number of hydrogen-bond donors (Lipinski definition) is 2. The second-order valence-electron chi connectivity index (χ2n) is 8.30. The lowest BCUT2D eigenvalue weighted by atomic mass is 9.66. The van der Waals surface area contributed by atoms with Crippen molar-refractivity contribution in [1.29, 1.82) is 5.26 Å². The number of anilines is 1. The first-order chi connectivity index (χ1) is 13.9. The van der Waals surface area contributed by atoms with E-state index in [9.17, 15) is 25.1 Å². The zero-order valence-corrected chi connectivity index (χ0v) is 15.8. The molecule has 29 heavy (non-hydrogen) atoms. The van der Waals surface area contributed by atoms with Crippen LogP contribution < -0.4 is 4.90 Å². The van der Waals surface area contributed by atoms with Crippen molar-refractivity contribution in [2.45, 2.75) is 37.1 Å². The van der Waals surface area contributed by atoms with E-state index in [0.717, 1.165) is 0 Å². The highest BCUT2D eigenvalue weighted by Crippen LogP contribution is 2.62. The molecular weight excluding hydrogens is 372 g/mol. The van der Waals surface area contributed by atoms with E-state index in [0.29, 0.717) is 22.0 Å². The monoisotopic (exact) mass is 392 g/mol. The van der Waals surface area contributed by atoms with Crippen molar-refractivity contribution < 1.29 is 24.5 Å². The summed E-state index contributed by atoms with van der Waals surface area (Å²) in [6.07, 6.45) is -0.488. The largest absolute Gasteiger partial charge is 0.396 e. The summed E-state index contributed by atoms with van der Waals surface area (Å²) < 4.78 is 6.09. The van der Waals surface area contributed by atoms with Gasteiger partial charge in [0.25, 0.3) is 0 Å². The van der Waals surface area contributed by atoms with Crippen LogP contribution in [0, 0.1) is 23.2 Å². The van der Waals surface area contributed by atoms with Crippen LogP contribution >= 0.6 is 0 Å². The summed E-state index contributed by atoms with van der Waals surface area (Å²) in [6, 6.07) is 12.5. The van der Waals surface area contributed by atoms with E-state index in [1.54, 1.807) is 43.3 Å². The minimum atomic E-state index is -1.16. The Hall–Kier alpha value is -2.79. The van der Waals surface area contributed by atoms with Crippen molar-refractivity contribution in [1.82, 2.24) is 0 Å². The number of nitrogens with zero attached hydrogens (tertiary/aromatic N) is 2. The fourth-order valence-electron chi connectivity index (χ4n) is 5.63. The second kappa shape index (κ2) is 5.86. The van der Waals surface area contributed by atoms with Gasteiger partial charge >= 0.3 is 0 Å². The zero-order chi connectivity index (χ0) is 20.6. The molecule has 2 bridgehead atoms. The van der Waals surface area contributed by atoms with Gasteiger partial charge < -0.3 is 14.9 Å². The summed E-state index contributed by atoms with van der Waals surface area (Å²) >= 11 is 0. The van der Waals surface area contributed by atoms with E-state index in [1.165, 1.54) is 4.90 Å². The molecule has 0 unspecified atom stereocenters. The minimum Gasteiger partial charge on any atom is -0.396 e. The first kappa shape index (κ1) is 18.3. The van der Waals surface area contributed by atoms with Crippen LogP contribution in [-0.4, -0.2) is 45.9 Å². The first-order valence-electron chi connectivity index (χ1n) is 9.67. The SMILES string of the molecule is C[C@@]12O[C@@](CCO)(C[C@H]1O)[C@@H]1C(=O)N(c3ccc(C#N)c4ccccc34)C(=O)[C@@H]12. The van der Waals surface area contributed by atoms with Crippen LogP contribution in [0.4, 0.5) is 5.69 Å².